The lowest BCUT2D eigenvalue weighted by atomic mass is 10.00. The largest absolute Gasteiger partial charge is 0.496 e. The average molecular weight is 329 g/mol. The summed E-state index contributed by atoms with van der Waals surface area (Å²) in [4.78, 5) is 0. The van der Waals surface area contributed by atoms with Crippen LogP contribution < -0.4 is 24.3 Å². The highest BCUT2D eigenvalue weighted by atomic mass is 16.5. The summed E-state index contributed by atoms with van der Waals surface area (Å²) in [7, 11) is 4.92. The predicted octanol–water partition coefficient (Wildman–Crippen LogP) is 3.33. The molecular formula is C19H23NO4. The van der Waals surface area contributed by atoms with Crippen LogP contribution in [-0.4, -0.2) is 27.9 Å². The third-order valence-corrected chi connectivity index (χ3v) is 4.28. The maximum atomic E-state index is 5.72. The van der Waals surface area contributed by atoms with Crippen LogP contribution in [0.2, 0.25) is 0 Å². The van der Waals surface area contributed by atoms with Gasteiger partial charge in [-0.05, 0) is 12.1 Å². The predicted molar refractivity (Wildman–Crippen MR) is 92.2 cm³/mol. The molecule has 3 rings (SSSR count). The summed E-state index contributed by atoms with van der Waals surface area (Å²) in [6.07, 6.45) is 0.937. The summed E-state index contributed by atoms with van der Waals surface area (Å²) in [5, 5.41) is 3.60. The molecular weight excluding hydrogens is 306 g/mol. The number of ether oxygens (including phenoxy) is 4. The molecule has 0 fully saturated rings. The molecule has 0 aromatic heterocycles. The molecule has 0 amide bonds. The number of benzene rings is 2. The number of rotatable bonds is 6. The standard InChI is InChI=1S/C19H23NO4/c1-21-17-11-19(23-3)18(22-2)10-13(17)12-20-15-8-9-24-16-7-5-4-6-14(15)16/h4-7,10-11,15,20H,8-9,12H2,1-3H3/t15-/m1/s1. The molecule has 0 spiro atoms. The minimum absolute atomic E-state index is 0.257. The van der Waals surface area contributed by atoms with Crippen molar-refractivity contribution in [2.75, 3.05) is 27.9 Å². The van der Waals surface area contributed by atoms with Crippen LogP contribution >= 0.6 is 0 Å². The fourth-order valence-electron chi connectivity index (χ4n) is 3.02. The Morgan fingerprint density at radius 1 is 1.00 bits per heavy atom. The van der Waals surface area contributed by atoms with E-state index in [1.807, 2.05) is 30.3 Å². The van der Waals surface area contributed by atoms with Crippen LogP contribution in [0.3, 0.4) is 0 Å². The van der Waals surface area contributed by atoms with E-state index in [-0.39, 0.29) is 6.04 Å². The van der Waals surface area contributed by atoms with Gasteiger partial charge in [-0.2, -0.15) is 0 Å². The Balaban J connectivity index is 1.80. The van der Waals surface area contributed by atoms with Gasteiger partial charge < -0.3 is 24.3 Å². The van der Waals surface area contributed by atoms with E-state index in [1.165, 1.54) is 5.56 Å². The van der Waals surface area contributed by atoms with E-state index in [0.717, 1.165) is 30.1 Å². The van der Waals surface area contributed by atoms with Crippen LogP contribution in [0.15, 0.2) is 36.4 Å². The fourth-order valence-corrected chi connectivity index (χ4v) is 3.02. The zero-order valence-corrected chi connectivity index (χ0v) is 14.3. The number of hydrogen-bond donors (Lipinski definition) is 1. The van der Waals surface area contributed by atoms with E-state index < -0.39 is 0 Å². The number of fused-ring (bicyclic) bond motifs is 1. The first-order chi connectivity index (χ1) is 11.8. The molecule has 0 aliphatic carbocycles. The van der Waals surface area contributed by atoms with Crippen molar-refractivity contribution >= 4 is 0 Å². The van der Waals surface area contributed by atoms with E-state index in [4.69, 9.17) is 18.9 Å². The van der Waals surface area contributed by atoms with Crippen molar-refractivity contribution in [3.8, 4) is 23.0 Å². The number of para-hydroxylation sites is 1. The van der Waals surface area contributed by atoms with E-state index in [9.17, 15) is 0 Å². The highest BCUT2D eigenvalue weighted by molar-refractivity contribution is 5.50. The summed E-state index contributed by atoms with van der Waals surface area (Å²) in [6, 6.07) is 12.2. The van der Waals surface area contributed by atoms with Crippen molar-refractivity contribution in [2.24, 2.45) is 0 Å². The quantitative estimate of drug-likeness (QED) is 0.881. The number of hydrogen-bond acceptors (Lipinski definition) is 5. The third-order valence-electron chi connectivity index (χ3n) is 4.28. The van der Waals surface area contributed by atoms with Gasteiger partial charge in [-0.3, -0.25) is 0 Å². The molecule has 1 atom stereocenters. The Labute approximate surface area is 142 Å². The van der Waals surface area contributed by atoms with Gasteiger partial charge in [0.25, 0.3) is 0 Å². The second-order valence-electron chi connectivity index (χ2n) is 5.63. The van der Waals surface area contributed by atoms with Gasteiger partial charge in [0.15, 0.2) is 11.5 Å². The van der Waals surface area contributed by atoms with Gasteiger partial charge in [0.2, 0.25) is 0 Å². The van der Waals surface area contributed by atoms with E-state index in [1.54, 1.807) is 21.3 Å². The first-order valence-corrected chi connectivity index (χ1v) is 8.00. The van der Waals surface area contributed by atoms with Crippen LogP contribution in [-0.2, 0) is 6.54 Å². The van der Waals surface area contributed by atoms with Crippen molar-refractivity contribution in [2.45, 2.75) is 19.0 Å². The molecule has 0 saturated heterocycles. The number of methoxy groups -OCH3 is 3. The zero-order valence-electron chi connectivity index (χ0n) is 14.3. The first-order valence-electron chi connectivity index (χ1n) is 8.00. The lowest BCUT2D eigenvalue weighted by molar-refractivity contribution is 0.251. The highest BCUT2D eigenvalue weighted by Gasteiger charge is 2.21. The van der Waals surface area contributed by atoms with Crippen LogP contribution in [0, 0.1) is 0 Å². The molecule has 24 heavy (non-hydrogen) atoms. The van der Waals surface area contributed by atoms with Gasteiger partial charge in [0.05, 0.1) is 27.9 Å². The van der Waals surface area contributed by atoms with Crippen molar-refractivity contribution in [3.63, 3.8) is 0 Å². The van der Waals surface area contributed by atoms with E-state index in [0.29, 0.717) is 18.0 Å². The van der Waals surface area contributed by atoms with Crippen LogP contribution in [0.25, 0.3) is 0 Å². The smallest absolute Gasteiger partial charge is 0.164 e. The molecule has 2 aromatic rings. The molecule has 1 aliphatic rings. The van der Waals surface area contributed by atoms with Gasteiger partial charge in [-0.15, -0.1) is 0 Å². The molecule has 1 N–H and O–H groups in total. The van der Waals surface area contributed by atoms with Gasteiger partial charge in [-0.25, -0.2) is 0 Å². The van der Waals surface area contributed by atoms with E-state index in [2.05, 4.69) is 11.4 Å². The molecule has 0 bridgehead atoms. The highest BCUT2D eigenvalue weighted by Crippen LogP contribution is 2.36. The van der Waals surface area contributed by atoms with Crippen LogP contribution in [0.5, 0.6) is 23.0 Å². The summed E-state index contributed by atoms with van der Waals surface area (Å²) in [5.41, 5.74) is 2.22. The molecule has 2 aromatic carbocycles. The lowest BCUT2D eigenvalue weighted by Gasteiger charge is -2.27. The monoisotopic (exact) mass is 329 g/mol. The molecule has 0 unspecified atom stereocenters. The van der Waals surface area contributed by atoms with Gasteiger partial charge >= 0.3 is 0 Å². The summed E-state index contributed by atoms with van der Waals surface area (Å²) >= 11 is 0. The fraction of sp³-hybridized carbons (Fsp3) is 0.368. The minimum atomic E-state index is 0.257. The van der Waals surface area contributed by atoms with Gasteiger partial charge in [-0.1, -0.05) is 18.2 Å². The number of nitrogens with one attached hydrogen (secondary N) is 1. The molecule has 0 saturated carbocycles. The molecule has 128 valence electrons. The maximum Gasteiger partial charge on any atom is 0.164 e. The Kier molecular flexibility index (Phi) is 5.11. The normalized spacial score (nSPS) is 16.0. The molecule has 0 radical (unpaired) electrons. The lowest BCUT2D eigenvalue weighted by Crippen LogP contribution is -2.26. The summed E-state index contributed by atoms with van der Waals surface area (Å²) in [5.74, 6) is 3.10. The second-order valence-corrected chi connectivity index (χ2v) is 5.63. The average Bonchev–Trinajstić information content (AvgIpc) is 2.65. The van der Waals surface area contributed by atoms with Crippen molar-refractivity contribution in [1.82, 2.24) is 5.32 Å². The Hall–Kier alpha value is -2.40. The SMILES string of the molecule is COc1cc(OC)c(OC)cc1CN[C@@H]1CCOc2ccccc21. The molecule has 5 heteroatoms. The van der Waals surface area contributed by atoms with Crippen molar-refractivity contribution in [1.29, 1.82) is 0 Å². The Morgan fingerprint density at radius 2 is 1.71 bits per heavy atom. The second kappa shape index (κ2) is 7.45. The maximum absolute atomic E-state index is 5.72. The van der Waals surface area contributed by atoms with Crippen LogP contribution in [0.4, 0.5) is 0 Å². The first kappa shape index (κ1) is 16.5. The summed E-state index contributed by atoms with van der Waals surface area (Å²) < 4.78 is 21.9. The molecule has 1 aliphatic heterocycles. The Bertz CT molecular complexity index is 702. The topological polar surface area (TPSA) is 49.0 Å². The van der Waals surface area contributed by atoms with Gasteiger partial charge in [0.1, 0.15) is 11.5 Å². The third kappa shape index (κ3) is 3.26. The Morgan fingerprint density at radius 3 is 2.46 bits per heavy atom. The molecule has 5 nitrogen and oxygen atoms in total. The molecule has 1 heterocycles. The van der Waals surface area contributed by atoms with E-state index >= 15 is 0 Å². The van der Waals surface area contributed by atoms with Gasteiger partial charge in [0, 0.05) is 36.2 Å². The van der Waals surface area contributed by atoms with Crippen LogP contribution in [0.1, 0.15) is 23.6 Å². The van der Waals surface area contributed by atoms with Crippen molar-refractivity contribution in [3.05, 3.63) is 47.5 Å². The summed E-state index contributed by atoms with van der Waals surface area (Å²) in [6.45, 7) is 1.39. The van der Waals surface area contributed by atoms with Crippen molar-refractivity contribution < 1.29 is 18.9 Å². The zero-order chi connectivity index (χ0) is 16.9. The minimum Gasteiger partial charge on any atom is -0.496 e.